The predicted octanol–water partition coefficient (Wildman–Crippen LogP) is 3.86. The van der Waals surface area contributed by atoms with E-state index in [1.54, 1.807) is 4.90 Å². The van der Waals surface area contributed by atoms with E-state index in [9.17, 15) is 14.0 Å². The van der Waals surface area contributed by atoms with Crippen LogP contribution < -0.4 is 10.6 Å². The molecule has 2 aromatic carbocycles. The topological polar surface area (TPSA) is 93.4 Å². The largest absolute Gasteiger partial charge is 0.330 e. The molecule has 0 radical (unpaired) electrons. The number of carbonyl (C=O) groups is 2. The van der Waals surface area contributed by atoms with Crippen LogP contribution in [0, 0.1) is 5.82 Å². The summed E-state index contributed by atoms with van der Waals surface area (Å²) < 4.78 is 13.2. The molecule has 0 bridgehead atoms. The summed E-state index contributed by atoms with van der Waals surface area (Å²) >= 11 is 0. The molecule has 2 heterocycles. The maximum absolute atomic E-state index is 13.4. The van der Waals surface area contributed by atoms with Crippen molar-refractivity contribution < 1.29 is 14.0 Å². The number of aromatic amines is 1. The molecule has 1 aliphatic heterocycles. The zero-order chi connectivity index (χ0) is 24.5. The molecule has 0 fully saturated rings. The highest BCUT2D eigenvalue weighted by Gasteiger charge is 2.44. The van der Waals surface area contributed by atoms with Crippen molar-refractivity contribution in [2.75, 3.05) is 26.0 Å². The summed E-state index contributed by atoms with van der Waals surface area (Å²) in [6.07, 6.45) is 0. The number of hydrogen-bond acceptors (Lipinski definition) is 4. The fourth-order valence-electron chi connectivity index (χ4n) is 4.24. The van der Waals surface area contributed by atoms with Crippen LogP contribution in [0.4, 0.5) is 15.0 Å². The van der Waals surface area contributed by atoms with Crippen LogP contribution in [0.3, 0.4) is 0 Å². The number of H-pyrrole nitrogens is 1. The van der Waals surface area contributed by atoms with E-state index >= 15 is 0 Å². The van der Waals surface area contributed by atoms with Crippen molar-refractivity contribution in [1.82, 2.24) is 25.3 Å². The first-order chi connectivity index (χ1) is 16.2. The molecule has 1 atom stereocenters. The Bertz CT molecular complexity index is 1170. The van der Waals surface area contributed by atoms with Gasteiger partial charge in [0.15, 0.2) is 5.82 Å². The van der Waals surface area contributed by atoms with Crippen molar-refractivity contribution in [1.29, 1.82) is 0 Å². The van der Waals surface area contributed by atoms with Crippen LogP contribution in [0.1, 0.15) is 47.1 Å². The van der Waals surface area contributed by atoms with Crippen LogP contribution in [0.25, 0.3) is 0 Å². The number of amides is 3. The SMILES string of the molecule is CN(C)C[C@@H](NC(=O)N1Cc2c(NC(=O)c3ccc(F)cc3)n[nH]c2C1(C)C)c1ccccc1. The van der Waals surface area contributed by atoms with Crippen molar-refractivity contribution in [3.63, 3.8) is 0 Å². The van der Waals surface area contributed by atoms with Crippen LogP contribution in [-0.4, -0.2) is 52.6 Å². The molecule has 34 heavy (non-hydrogen) atoms. The number of benzene rings is 2. The smallest absolute Gasteiger partial charge is 0.319 e. The van der Waals surface area contributed by atoms with Gasteiger partial charge >= 0.3 is 6.03 Å². The minimum atomic E-state index is -0.662. The van der Waals surface area contributed by atoms with Crippen molar-refractivity contribution >= 4 is 17.8 Å². The highest BCUT2D eigenvalue weighted by atomic mass is 19.1. The Kier molecular flexibility index (Phi) is 6.39. The van der Waals surface area contributed by atoms with E-state index in [0.717, 1.165) is 16.8 Å². The van der Waals surface area contributed by atoms with Gasteiger partial charge in [-0.3, -0.25) is 9.89 Å². The summed E-state index contributed by atoms with van der Waals surface area (Å²) in [6.45, 7) is 4.81. The molecule has 1 aromatic heterocycles. The number of hydrogen-bond donors (Lipinski definition) is 3. The molecular formula is C25H29FN6O2. The van der Waals surface area contributed by atoms with Crippen molar-refractivity contribution in [3.8, 4) is 0 Å². The summed E-state index contributed by atoms with van der Waals surface area (Å²) in [4.78, 5) is 29.8. The maximum Gasteiger partial charge on any atom is 0.319 e. The van der Waals surface area contributed by atoms with Gasteiger partial charge in [0.25, 0.3) is 5.91 Å². The van der Waals surface area contributed by atoms with Gasteiger partial charge in [-0.15, -0.1) is 0 Å². The second kappa shape index (κ2) is 9.26. The minimum Gasteiger partial charge on any atom is -0.330 e. The van der Waals surface area contributed by atoms with Crippen molar-refractivity contribution in [2.45, 2.75) is 32.0 Å². The van der Waals surface area contributed by atoms with E-state index in [1.807, 2.05) is 63.2 Å². The van der Waals surface area contributed by atoms with E-state index in [0.29, 0.717) is 17.9 Å². The van der Waals surface area contributed by atoms with Crippen molar-refractivity contribution in [3.05, 3.63) is 82.8 Å². The van der Waals surface area contributed by atoms with Gasteiger partial charge in [-0.05, 0) is 57.8 Å². The third-order valence-electron chi connectivity index (χ3n) is 6.10. The molecule has 3 aromatic rings. The van der Waals surface area contributed by atoms with E-state index in [1.165, 1.54) is 24.3 Å². The van der Waals surface area contributed by atoms with Crippen LogP contribution in [0.5, 0.6) is 0 Å². The molecule has 3 N–H and O–H groups in total. The Hall–Kier alpha value is -3.72. The van der Waals surface area contributed by atoms with E-state index in [2.05, 4.69) is 20.8 Å². The number of nitrogens with one attached hydrogen (secondary N) is 3. The maximum atomic E-state index is 13.4. The second-order valence-electron chi connectivity index (χ2n) is 9.21. The Morgan fingerprint density at radius 3 is 2.47 bits per heavy atom. The quantitative estimate of drug-likeness (QED) is 0.516. The molecule has 178 valence electrons. The molecule has 4 rings (SSSR count). The number of likely N-dealkylation sites (N-methyl/N-ethyl adjacent to an activating group) is 1. The first kappa shape index (κ1) is 23.4. The third-order valence-corrected chi connectivity index (χ3v) is 6.10. The molecule has 9 heteroatoms. The molecular weight excluding hydrogens is 435 g/mol. The van der Waals surface area contributed by atoms with Gasteiger partial charge in [0.2, 0.25) is 0 Å². The molecule has 0 aliphatic carbocycles. The predicted molar refractivity (Wildman–Crippen MR) is 128 cm³/mol. The summed E-state index contributed by atoms with van der Waals surface area (Å²) in [5, 5.41) is 13.2. The van der Waals surface area contributed by atoms with E-state index in [-0.39, 0.29) is 18.6 Å². The van der Waals surface area contributed by atoms with Gasteiger partial charge in [0.05, 0.1) is 23.8 Å². The normalized spacial score (nSPS) is 15.2. The van der Waals surface area contributed by atoms with Gasteiger partial charge in [-0.25, -0.2) is 9.18 Å². The number of carbonyl (C=O) groups excluding carboxylic acids is 2. The Morgan fingerprint density at radius 2 is 1.82 bits per heavy atom. The van der Waals surface area contributed by atoms with Crippen LogP contribution in [-0.2, 0) is 12.1 Å². The number of anilines is 1. The Labute approximate surface area is 198 Å². The van der Waals surface area contributed by atoms with Gasteiger partial charge in [0.1, 0.15) is 5.82 Å². The van der Waals surface area contributed by atoms with Crippen LogP contribution in [0.2, 0.25) is 0 Å². The lowest BCUT2D eigenvalue weighted by Crippen LogP contribution is -2.48. The fraction of sp³-hybridized carbons (Fsp3) is 0.320. The summed E-state index contributed by atoms with van der Waals surface area (Å²) in [5.41, 5.74) is 2.19. The molecule has 0 spiro atoms. The second-order valence-corrected chi connectivity index (χ2v) is 9.21. The number of halogens is 1. The van der Waals surface area contributed by atoms with E-state index in [4.69, 9.17) is 0 Å². The van der Waals surface area contributed by atoms with Gasteiger partial charge in [-0.1, -0.05) is 30.3 Å². The van der Waals surface area contributed by atoms with Gasteiger partial charge in [0, 0.05) is 17.7 Å². The lowest BCUT2D eigenvalue weighted by molar-refractivity contribution is 0.102. The zero-order valence-corrected chi connectivity index (χ0v) is 19.7. The minimum absolute atomic E-state index is 0.186. The molecule has 8 nitrogen and oxygen atoms in total. The van der Waals surface area contributed by atoms with Gasteiger partial charge < -0.3 is 20.4 Å². The summed E-state index contributed by atoms with van der Waals surface area (Å²) in [6, 6.07) is 14.8. The number of aromatic nitrogens is 2. The number of urea groups is 1. The average molecular weight is 465 g/mol. The van der Waals surface area contributed by atoms with Crippen LogP contribution in [0.15, 0.2) is 54.6 Å². The Morgan fingerprint density at radius 1 is 1.15 bits per heavy atom. The van der Waals surface area contributed by atoms with Crippen LogP contribution >= 0.6 is 0 Å². The molecule has 3 amide bonds. The van der Waals surface area contributed by atoms with Crippen molar-refractivity contribution in [2.24, 2.45) is 0 Å². The first-order valence-corrected chi connectivity index (χ1v) is 11.1. The number of fused-ring (bicyclic) bond motifs is 1. The number of nitrogens with zero attached hydrogens (tertiary/aromatic N) is 3. The fourth-order valence-corrected chi connectivity index (χ4v) is 4.24. The lowest BCUT2D eigenvalue weighted by atomic mass is 10.0. The highest BCUT2D eigenvalue weighted by Crippen LogP contribution is 2.40. The monoisotopic (exact) mass is 464 g/mol. The molecule has 1 aliphatic rings. The van der Waals surface area contributed by atoms with E-state index < -0.39 is 17.3 Å². The standard InChI is InChI=1S/C25H29FN6O2/c1-25(2)21-19(22(30-29-21)28-23(33)17-10-12-18(26)13-11-17)14-32(25)24(34)27-20(15-31(3)4)16-8-6-5-7-9-16/h5-13,20H,14-15H2,1-4H3,(H,27,34)(H2,28,29,30,33)/t20-/m1/s1. The zero-order valence-electron chi connectivity index (χ0n) is 19.7. The first-order valence-electron chi connectivity index (χ1n) is 11.1. The Balaban J connectivity index is 1.52. The third kappa shape index (κ3) is 4.65. The highest BCUT2D eigenvalue weighted by molar-refractivity contribution is 6.04. The van der Waals surface area contributed by atoms with Gasteiger partial charge in [-0.2, -0.15) is 5.10 Å². The number of rotatable bonds is 6. The summed E-state index contributed by atoms with van der Waals surface area (Å²) in [7, 11) is 3.93. The summed E-state index contributed by atoms with van der Waals surface area (Å²) in [5.74, 6) is -0.450. The molecule has 0 saturated heterocycles. The average Bonchev–Trinajstić information content (AvgIpc) is 3.32. The lowest BCUT2D eigenvalue weighted by Gasteiger charge is -2.34. The molecule has 0 unspecified atom stereocenters. The molecule has 0 saturated carbocycles.